The van der Waals surface area contributed by atoms with E-state index in [0.717, 1.165) is 44.5 Å². The summed E-state index contributed by atoms with van der Waals surface area (Å²) in [6, 6.07) is 69.1. The summed E-state index contributed by atoms with van der Waals surface area (Å²) in [4.78, 5) is 8.41. The van der Waals surface area contributed by atoms with Gasteiger partial charge in [-0.3, -0.25) is 0 Å². The Balaban J connectivity index is 1.25. The SMILES string of the molecule is N#Cc1cc(-c2cccc(-c3ccc4c(c3)C(c3ccccc3)(c3ccccc3)c3cc(-c5cccc(-c6ccnc(C#N)c6)c5)c5ccccc5c3-4)c2)ccn1. The molecule has 0 atom stereocenters. The summed E-state index contributed by atoms with van der Waals surface area (Å²) in [5, 5.41) is 21.5. The lowest BCUT2D eigenvalue weighted by atomic mass is 9.67. The van der Waals surface area contributed by atoms with Crippen LogP contribution in [0, 0.1) is 22.7 Å². The molecular formula is C53H32N4. The first-order valence-electron chi connectivity index (χ1n) is 18.9. The van der Waals surface area contributed by atoms with E-state index in [9.17, 15) is 10.5 Å². The molecule has 0 saturated carbocycles. The molecule has 1 aliphatic rings. The molecule has 7 aromatic carbocycles. The molecule has 4 nitrogen and oxygen atoms in total. The highest BCUT2D eigenvalue weighted by atomic mass is 14.7. The topological polar surface area (TPSA) is 73.4 Å². The van der Waals surface area contributed by atoms with E-state index in [0.29, 0.717) is 11.4 Å². The van der Waals surface area contributed by atoms with Crippen molar-refractivity contribution in [2.45, 2.75) is 5.41 Å². The molecule has 0 bridgehead atoms. The third kappa shape index (κ3) is 5.51. The molecule has 264 valence electrons. The molecule has 57 heavy (non-hydrogen) atoms. The molecule has 2 heterocycles. The average molecular weight is 725 g/mol. The molecule has 0 radical (unpaired) electrons. The maximum absolute atomic E-state index is 9.60. The zero-order chi connectivity index (χ0) is 38.3. The molecular weight excluding hydrogens is 693 g/mol. The van der Waals surface area contributed by atoms with Crippen LogP contribution in [-0.2, 0) is 5.41 Å². The lowest BCUT2D eigenvalue weighted by Crippen LogP contribution is -2.28. The van der Waals surface area contributed by atoms with Crippen LogP contribution < -0.4 is 0 Å². The summed E-state index contributed by atoms with van der Waals surface area (Å²) >= 11 is 0. The second-order valence-corrected chi connectivity index (χ2v) is 14.4. The fraction of sp³-hybridized carbons (Fsp3) is 0.0189. The molecule has 2 aromatic heterocycles. The molecule has 0 spiro atoms. The van der Waals surface area contributed by atoms with Gasteiger partial charge < -0.3 is 0 Å². The molecule has 9 aromatic rings. The number of nitrogens with zero attached hydrogens (tertiary/aromatic N) is 4. The second kappa shape index (κ2) is 13.7. The Hall–Kier alpha value is -7.92. The molecule has 0 saturated heterocycles. The van der Waals surface area contributed by atoms with Crippen molar-refractivity contribution < 1.29 is 0 Å². The minimum atomic E-state index is -0.642. The Morgan fingerprint density at radius 1 is 0.368 bits per heavy atom. The molecule has 0 N–H and O–H groups in total. The predicted octanol–water partition coefficient (Wildman–Crippen LogP) is 12.4. The number of rotatable bonds is 6. The monoisotopic (exact) mass is 724 g/mol. The quantitative estimate of drug-likeness (QED) is 0.171. The van der Waals surface area contributed by atoms with E-state index in [1.807, 2.05) is 24.3 Å². The second-order valence-electron chi connectivity index (χ2n) is 14.4. The Kier molecular flexibility index (Phi) is 8.11. The summed E-state index contributed by atoms with van der Waals surface area (Å²) < 4.78 is 0. The largest absolute Gasteiger partial charge is 0.246 e. The molecule has 1 aliphatic carbocycles. The van der Waals surface area contributed by atoms with Gasteiger partial charge in [-0.15, -0.1) is 0 Å². The maximum atomic E-state index is 9.60. The van der Waals surface area contributed by atoms with Gasteiger partial charge in [-0.1, -0.05) is 133 Å². The van der Waals surface area contributed by atoms with Gasteiger partial charge in [-0.25, -0.2) is 9.97 Å². The highest BCUT2D eigenvalue weighted by Crippen LogP contribution is 2.59. The van der Waals surface area contributed by atoms with Crippen molar-refractivity contribution in [2.24, 2.45) is 0 Å². The maximum Gasteiger partial charge on any atom is 0.141 e. The van der Waals surface area contributed by atoms with Crippen molar-refractivity contribution in [1.29, 1.82) is 10.5 Å². The fourth-order valence-corrected chi connectivity index (χ4v) is 8.85. The summed E-state index contributed by atoms with van der Waals surface area (Å²) in [6.07, 6.45) is 3.39. The van der Waals surface area contributed by atoms with Gasteiger partial charge in [0.1, 0.15) is 23.5 Å². The molecule has 10 rings (SSSR count). The Bertz CT molecular complexity index is 3060. The van der Waals surface area contributed by atoms with Crippen LogP contribution in [0.25, 0.3) is 66.4 Å². The van der Waals surface area contributed by atoms with E-state index in [1.165, 1.54) is 44.2 Å². The lowest BCUT2D eigenvalue weighted by Gasteiger charge is -2.34. The summed E-state index contributed by atoms with van der Waals surface area (Å²) in [6.45, 7) is 0. The van der Waals surface area contributed by atoms with Gasteiger partial charge in [0.05, 0.1) is 5.41 Å². The number of pyridine rings is 2. The van der Waals surface area contributed by atoms with E-state index in [2.05, 4.69) is 180 Å². The summed E-state index contributed by atoms with van der Waals surface area (Å²) in [5.41, 5.74) is 15.9. The van der Waals surface area contributed by atoms with E-state index in [4.69, 9.17) is 0 Å². The van der Waals surface area contributed by atoms with E-state index < -0.39 is 5.41 Å². The van der Waals surface area contributed by atoms with Crippen molar-refractivity contribution in [3.05, 3.63) is 228 Å². The Morgan fingerprint density at radius 2 is 0.860 bits per heavy atom. The van der Waals surface area contributed by atoms with Crippen molar-refractivity contribution >= 4 is 10.8 Å². The van der Waals surface area contributed by atoms with Gasteiger partial charge >= 0.3 is 0 Å². The van der Waals surface area contributed by atoms with E-state index >= 15 is 0 Å². The smallest absolute Gasteiger partial charge is 0.141 e. The first kappa shape index (κ1) is 33.6. The highest BCUT2D eigenvalue weighted by Gasteiger charge is 2.47. The normalized spacial score (nSPS) is 12.3. The lowest BCUT2D eigenvalue weighted by molar-refractivity contribution is 0.769. The van der Waals surface area contributed by atoms with Crippen LogP contribution in [0.5, 0.6) is 0 Å². The highest BCUT2D eigenvalue weighted by molar-refractivity contribution is 6.10. The first-order chi connectivity index (χ1) is 28.1. The fourth-order valence-electron chi connectivity index (χ4n) is 8.85. The first-order valence-corrected chi connectivity index (χ1v) is 18.9. The van der Waals surface area contributed by atoms with Crippen molar-refractivity contribution in [3.63, 3.8) is 0 Å². The zero-order valence-electron chi connectivity index (χ0n) is 30.8. The zero-order valence-corrected chi connectivity index (χ0v) is 30.8. The van der Waals surface area contributed by atoms with Gasteiger partial charge in [-0.2, -0.15) is 10.5 Å². The van der Waals surface area contributed by atoms with Crippen LogP contribution in [0.15, 0.2) is 194 Å². The molecule has 0 aliphatic heterocycles. The van der Waals surface area contributed by atoms with Gasteiger partial charge in [-0.05, 0) is 137 Å². The van der Waals surface area contributed by atoms with Gasteiger partial charge in [0.15, 0.2) is 0 Å². The van der Waals surface area contributed by atoms with Crippen molar-refractivity contribution in [2.75, 3.05) is 0 Å². The molecule has 0 amide bonds. The van der Waals surface area contributed by atoms with Crippen molar-refractivity contribution in [1.82, 2.24) is 9.97 Å². The van der Waals surface area contributed by atoms with E-state index in [1.54, 1.807) is 12.4 Å². The molecule has 0 fully saturated rings. The van der Waals surface area contributed by atoms with Crippen LogP contribution in [0.2, 0.25) is 0 Å². The van der Waals surface area contributed by atoms with Crippen LogP contribution in [0.3, 0.4) is 0 Å². The molecule has 4 heteroatoms. The van der Waals surface area contributed by atoms with Crippen LogP contribution in [-0.4, -0.2) is 9.97 Å². The van der Waals surface area contributed by atoms with Crippen LogP contribution in [0.1, 0.15) is 33.6 Å². The number of aromatic nitrogens is 2. The van der Waals surface area contributed by atoms with Crippen molar-refractivity contribution in [3.8, 4) is 67.8 Å². The summed E-state index contributed by atoms with van der Waals surface area (Å²) in [7, 11) is 0. The number of hydrogen-bond acceptors (Lipinski definition) is 4. The third-order valence-electron chi connectivity index (χ3n) is 11.3. The standard InChI is InChI=1S/C53H32N4/c54-33-44-29-39(23-25-56-44)36-12-9-11-35(27-36)38-21-22-48-50(31-38)53(42-15-3-1-4-16-42,43-17-5-2-6-18-43)51-32-49(46-19-7-8-20-47(46)52(48)51)41-14-10-13-37(28-41)40-24-26-57-45(30-40)34-55/h1-32H. The number of hydrogen-bond donors (Lipinski definition) is 0. The van der Waals surface area contributed by atoms with Crippen LogP contribution in [0.4, 0.5) is 0 Å². The number of fused-ring (bicyclic) bond motifs is 5. The average Bonchev–Trinajstić information content (AvgIpc) is 3.60. The minimum absolute atomic E-state index is 0.394. The van der Waals surface area contributed by atoms with Gasteiger partial charge in [0, 0.05) is 12.4 Å². The Morgan fingerprint density at radius 3 is 1.44 bits per heavy atom. The van der Waals surface area contributed by atoms with Gasteiger partial charge in [0.2, 0.25) is 0 Å². The molecule has 0 unspecified atom stereocenters. The third-order valence-corrected chi connectivity index (χ3v) is 11.3. The number of nitriles is 2. The predicted molar refractivity (Wildman–Crippen MR) is 228 cm³/mol. The van der Waals surface area contributed by atoms with Crippen LogP contribution >= 0.6 is 0 Å². The van der Waals surface area contributed by atoms with E-state index in [-0.39, 0.29) is 0 Å². The minimum Gasteiger partial charge on any atom is -0.246 e. The summed E-state index contributed by atoms with van der Waals surface area (Å²) in [5.74, 6) is 0. The Labute approximate surface area is 331 Å². The van der Waals surface area contributed by atoms with Gasteiger partial charge in [0.25, 0.3) is 0 Å². The number of benzene rings is 7.